The van der Waals surface area contributed by atoms with Crippen LogP contribution in [-0.4, -0.2) is 34.3 Å². The van der Waals surface area contributed by atoms with E-state index in [-0.39, 0.29) is 24.3 Å². The first-order valence-electron chi connectivity index (χ1n) is 7.39. The molecule has 0 bridgehead atoms. The molecule has 0 unspecified atom stereocenters. The number of aromatic nitrogens is 2. The van der Waals surface area contributed by atoms with Gasteiger partial charge < -0.3 is 9.64 Å². The highest BCUT2D eigenvalue weighted by Gasteiger charge is 2.10. The minimum absolute atomic E-state index is 0.0318. The summed E-state index contributed by atoms with van der Waals surface area (Å²) in [5.41, 5.74) is 0.765. The van der Waals surface area contributed by atoms with E-state index in [1.165, 1.54) is 12.1 Å². The van der Waals surface area contributed by atoms with Crippen molar-refractivity contribution in [2.24, 2.45) is 4.99 Å². The van der Waals surface area contributed by atoms with Crippen molar-refractivity contribution in [3.05, 3.63) is 47.7 Å². The predicted octanol–water partition coefficient (Wildman–Crippen LogP) is 3.09. The second kappa shape index (κ2) is 7.13. The molecule has 3 rings (SSSR count). The molecule has 1 aromatic heterocycles. The molecule has 0 atom stereocenters. The third-order valence-electron chi connectivity index (χ3n) is 3.47. The van der Waals surface area contributed by atoms with Crippen LogP contribution < -0.4 is 4.74 Å². The van der Waals surface area contributed by atoms with Gasteiger partial charge in [-0.15, -0.1) is 0 Å². The molecule has 7 heteroatoms. The molecule has 0 aliphatic carbocycles. The van der Waals surface area contributed by atoms with E-state index < -0.39 is 5.82 Å². The Morgan fingerprint density at radius 1 is 1.17 bits per heavy atom. The van der Waals surface area contributed by atoms with Crippen molar-refractivity contribution in [2.75, 3.05) is 13.1 Å². The average molecular weight is 318 g/mol. The number of nitrogens with zero attached hydrogens (tertiary/aromatic N) is 4. The molecule has 120 valence electrons. The normalized spacial score (nSPS) is 14.6. The molecule has 0 spiro atoms. The van der Waals surface area contributed by atoms with Crippen molar-refractivity contribution in [1.29, 1.82) is 0 Å². The lowest BCUT2D eigenvalue weighted by atomic mass is 10.2. The largest absolute Gasteiger partial charge is 0.459 e. The summed E-state index contributed by atoms with van der Waals surface area (Å²) in [7, 11) is 0. The third kappa shape index (κ3) is 4.21. The highest BCUT2D eigenvalue weighted by molar-refractivity contribution is 5.60. The number of hydrogen-bond donors (Lipinski definition) is 0. The molecule has 5 nitrogen and oxygen atoms in total. The molecule has 0 N–H and O–H groups in total. The summed E-state index contributed by atoms with van der Waals surface area (Å²) in [6.07, 6.45) is 4.86. The summed E-state index contributed by atoms with van der Waals surface area (Å²) < 4.78 is 31.9. The van der Waals surface area contributed by atoms with Crippen LogP contribution in [0.2, 0.25) is 0 Å². The van der Waals surface area contributed by atoms with Gasteiger partial charge in [0, 0.05) is 13.1 Å². The van der Waals surface area contributed by atoms with Crippen LogP contribution in [0, 0.1) is 11.6 Å². The van der Waals surface area contributed by atoms with Crippen molar-refractivity contribution < 1.29 is 13.5 Å². The minimum atomic E-state index is -0.602. The summed E-state index contributed by atoms with van der Waals surface area (Å²) in [5.74, 6) is -0.971. The van der Waals surface area contributed by atoms with Crippen molar-refractivity contribution in [2.45, 2.75) is 19.4 Å². The molecular weight excluding hydrogens is 302 g/mol. The number of ether oxygens (including phenoxy) is 1. The molecule has 0 amide bonds. The molecule has 1 aliphatic rings. The Bertz CT molecular complexity index is 685. The Morgan fingerprint density at radius 3 is 2.65 bits per heavy atom. The minimum Gasteiger partial charge on any atom is -0.459 e. The van der Waals surface area contributed by atoms with Gasteiger partial charge in [0.1, 0.15) is 12.4 Å². The van der Waals surface area contributed by atoms with E-state index in [1.807, 2.05) is 4.90 Å². The van der Waals surface area contributed by atoms with Crippen LogP contribution in [0.15, 0.2) is 35.5 Å². The smallest absolute Gasteiger partial charge is 0.318 e. The maximum atomic E-state index is 13.7. The van der Waals surface area contributed by atoms with Crippen molar-refractivity contribution in [3.8, 4) is 6.01 Å². The third-order valence-corrected chi connectivity index (χ3v) is 3.47. The molecule has 1 fully saturated rings. The van der Waals surface area contributed by atoms with E-state index >= 15 is 0 Å². The van der Waals surface area contributed by atoms with Crippen molar-refractivity contribution in [1.82, 2.24) is 14.9 Å². The van der Waals surface area contributed by atoms with Crippen LogP contribution in [0.1, 0.15) is 18.4 Å². The van der Waals surface area contributed by atoms with Gasteiger partial charge in [0.15, 0.2) is 11.6 Å². The van der Waals surface area contributed by atoms with Crippen LogP contribution in [-0.2, 0) is 6.61 Å². The fraction of sp³-hybridized carbons (Fsp3) is 0.312. The SMILES string of the molecule is Fc1ccc(COc2ncc(F)c(/N=C/N3CCCC3)n2)cc1. The fourth-order valence-corrected chi connectivity index (χ4v) is 2.22. The maximum absolute atomic E-state index is 13.7. The summed E-state index contributed by atoms with van der Waals surface area (Å²) >= 11 is 0. The van der Waals surface area contributed by atoms with Gasteiger partial charge in [0.2, 0.25) is 0 Å². The summed E-state index contributed by atoms with van der Waals surface area (Å²) in [6, 6.07) is 5.92. The van der Waals surface area contributed by atoms with Gasteiger partial charge >= 0.3 is 6.01 Å². The number of rotatable bonds is 5. The maximum Gasteiger partial charge on any atom is 0.318 e. The average Bonchev–Trinajstić information content (AvgIpc) is 3.08. The number of likely N-dealkylation sites (tertiary alicyclic amines) is 1. The summed E-state index contributed by atoms with van der Waals surface area (Å²) in [5, 5.41) is 0. The second-order valence-electron chi connectivity index (χ2n) is 5.23. The molecule has 2 aromatic rings. The lowest BCUT2D eigenvalue weighted by molar-refractivity contribution is 0.279. The number of halogens is 2. The Labute approximate surface area is 132 Å². The van der Waals surface area contributed by atoms with Gasteiger partial charge in [-0.3, -0.25) is 0 Å². The standard InChI is InChI=1S/C16H16F2N4O/c17-13-5-3-12(4-6-13)10-23-16-19-9-14(18)15(21-16)20-11-22-7-1-2-8-22/h3-6,9,11H,1-2,7-8,10H2/b20-11+. The Kier molecular flexibility index (Phi) is 4.75. The van der Waals surface area contributed by atoms with Gasteiger partial charge in [0.25, 0.3) is 0 Å². The molecule has 1 saturated heterocycles. The number of benzene rings is 1. The van der Waals surface area contributed by atoms with Crippen LogP contribution in [0.5, 0.6) is 6.01 Å². The zero-order valence-electron chi connectivity index (χ0n) is 12.5. The first-order valence-corrected chi connectivity index (χ1v) is 7.39. The highest BCUT2D eigenvalue weighted by Crippen LogP contribution is 2.17. The Hall–Kier alpha value is -2.57. The van der Waals surface area contributed by atoms with E-state index in [2.05, 4.69) is 15.0 Å². The molecular formula is C16H16F2N4O. The quantitative estimate of drug-likeness (QED) is 0.628. The van der Waals surface area contributed by atoms with Crippen molar-refractivity contribution >= 4 is 12.2 Å². The Morgan fingerprint density at radius 2 is 1.91 bits per heavy atom. The summed E-state index contributed by atoms with van der Waals surface area (Å²) in [4.78, 5) is 13.8. The molecule has 0 radical (unpaired) electrons. The van der Waals surface area contributed by atoms with Crippen LogP contribution >= 0.6 is 0 Å². The molecule has 1 aromatic carbocycles. The van der Waals surface area contributed by atoms with Crippen LogP contribution in [0.4, 0.5) is 14.6 Å². The van der Waals surface area contributed by atoms with Gasteiger partial charge in [0.05, 0.1) is 12.5 Å². The Balaban J connectivity index is 1.65. The molecule has 0 saturated carbocycles. The van der Waals surface area contributed by atoms with E-state index in [9.17, 15) is 8.78 Å². The van der Waals surface area contributed by atoms with Crippen molar-refractivity contribution in [3.63, 3.8) is 0 Å². The van der Waals surface area contributed by atoms with Gasteiger partial charge in [-0.25, -0.2) is 18.8 Å². The van der Waals surface area contributed by atoms with Gasteiger partial charge in [-0.1, -0.05) is 12.1 Å². The monoisotopic (exact) mass is 318 g/mol. The second-order valence-corrected chi connectivity index (χ2v) is 5.23. The van der Waals surface area contributed by atoms with Gasteiger partial charge in [-0.2, -0.15) is 4.98 Å². The number of hydrogen-bond acceptors (Lipinski definition) is 4. The zero-order chi connectivity index (χ0) is 16.1. The predicted molar refractivity (Wildman–Crippen MR) is 81.7 cm³/mol. The van der Waals surface area contributed by atoms with E-state index in [1.54, 1.807) is 18.5 Å². The van der Waals surface area contributed by atoms with Crippen LogP contribution in [0.3, 0.4) is 0 Å². The topological polar surface area (TPSA) is 50.6 Å². The van der Waals surface area contributed by atoms with Gasteiger partial charge in [-0.05, 0) is 30.5 Å². The van der Waals surface area contributed by atoms with E-state index in [4.69, 9.17) is 4.74 Å². The van der Waals surface area contributed by atoms with Crippen LogP contribution in [0.25, 0.3) is 0 Å². The molecule has 2 heterocycles. The lowest BCUT2D eigenvalue weighted by Gasteiger charge is -2.09. The van der Waals surface area contributed by atoms with E-state index in [0.29, 0.717) is 0 Å². The fourth-order valence-electron chi connectivity index (χ4n) is 2.22. The van der Waals surface area contributed by atoms with E-state index in [0.717, 1.165) is 37.7 Å². The lowest BCUT2D eigenvalue weighted by Crippen LogP contribution is -2.16. The number of aliphatic imine (C=N–C) groups is 1. The first kappa shape index (κ1) is 15.3. The first-order chi connectivity index (χ1) is 11.2. The molecule has 1 aliphatic heterocycles. The highest BCUT2D eigenvalue weighted by atomic mass is 19.1. The zero-order valence-corrected chi connectivity index (χ0v) is 12.5. The summed E-state index contributed by atoms with van der Waals surface area (Å²) in [6.45, 7) is 2.01. The molecule has 23 heavy (non-hydrogen) atoms.